The lowest BCUT2D eigenvalue weighted by Gasteiger charge is -2.17. The van der Waals surface area contributed by atoms with Gasteiger partial charge in [0.2, 0.25) is 0 Å². The van der Waals surface area contributed by atoms with Crippen LogP contribution in [0.4, 0.5) is 13.2 Å². The lowest BCUT2D eigenvalue weighted by atomic mass is 9.96. The number of halogens is 3. The van der Waals surface area contributed by atoms with Crippen LogP contribution in [-0.2, 0) is 20.8 Å². The number of carbonyl (C=O) groups excluding carboxylic acids is 1. The summed E-state index contributed by atoms with van der Waals surface area (Å²) in [6.07, 6.45) is -4.56. The molecule has 0 N–H and O–H groups in total. The Kier molecular flexibility index (Phi) is 6.69. The largest absolute Gasteiger partial charge is 0.492 e. The second-order valence-electron chi connectivity index (χ2n) is 7.18. The van der Waals surface area contributed by atoms with Crippen LogP contribution in [0.1, 0.15) is 35.3 Å². The molecule has 0 amide bonds. The van der Waals surface area contributed by atoms with Gasteiger partial charge in [0.25, 0.3) is 0 Å². The van der Waals surface area contributed by atoms with Gasteiger partial charge in [-0.3, -0.25) is 0 Å². The van der Waals surface area contributed by atoms with Crippen molar-refractivity contribution in [1.29, 1.82) is 0 Å². The third kappa shape index (κ3) is 4.66. The molecule has 6 nitrogen and oxygen atoms in total. The van der Waals surface area contributed by atoms with E-state index in [0.717, 1.165) is 19.2 Å². The number of nitrogens with zero attached hydrogens (tertiary/aromatic N) is 1. The number of hydrogen-bond acceptors (Lipinski definition) is 6. The number of hydrogen-bond donors (Lipinski definition) is 0. The maximum atomic E-state index is 13.3. The second kappa shape index (κ2) is 9.01. The van der Waals surface area contributed by atoms with Crippen molar-refractivity contribution in [3.63, 3.8) is 0 Å². The van der Waals surface area contributed by atoms with Gasteiger partial charge in [-0.05, 0) is 37.6 Å². The fraction of sp³-hybridized carbons (Fsp3) is 0.304. The van der Waals surface area contributed by atoms with Crippen LogP contribution in [0, 0.1) is 6.92 Å². The van der Waals surface area contributed by atoms with E-state index >= 15 is 0 Å². The first-order chi connectivity index (χ1) is 15.4. The number of aromatic nitrogens is 1. The van der Waals surface area contributed by atoms with Gasteiger partial charge in [-0.2, -0.15) is 13.2 Å². The Morgan fingerprint density at radius 1 is 1.12 bits per heavy atom. The van der Waals surface area contributed by atoms with E-state index in [1.807, 2.05) is 0 Å². The molecule has 0 radical (unpaired) electrons. The maximum Gasteiger partial charge on any atom is 0.416 e. The average Bonchev–Trinajstić information content (AvgIpc) is 2.77. The minimum absolute atomic E-state index is 0.0190. The highest BCUT2D eigenvalue weighted by Gasteiger charge is 2.31. The number of carbonyl (C=O) groups is 1. The maximum absolute atomic E-state index is 13.3. The first-order valence-corrected chi connectivity index (χ1v) is 11.7. The number of alkyl halides is 3. The molecule has 0 atom stereocenters. The zero-order valence-corrected chi connectivity index (χ0v) is 19.2. The van der Waals surface area contributed by atoms with E-state index in [9.17, 15) is 26.4 Å². The van der Waals surface area contributed by atoms with Crippen LogP contribution in [0.15, 0.2) is 41.3 Å². The van der Waals surface area contributed by atoms with Crippen molar-refractivity contribution in [2.24, 2.45) is 0 Å². The first kappa shape index (κ1) is 24.5. The average molecular weight is 481 g/mol. The predicted octanol–water partition coefficient (Wildman–Crippen LogP) is 5.21. The lowest BCUT2D eigenvalue weighted by Crippen LogP contribution is -2.11. The Morgan fingerprint density at radius 2 is 1.82 bits per heavy atom. The Morgan fingerprint density at radius 3 is 2.39 bits per heavy atom. The van der Waals surface area contributed by atoms with E-state index in [1.165, 1.54) is 38.1 Å². The van der Waals surface area contributed by atoms with Crippen LogP contribution in [0.2, 0.25) is 0 Å². The van der Waals surface area contributed by atoms with E-state index in [0.29, 0.717) is 0 Å². The molecule has 0 saturated heterocycles. The number of sulfone groups is 1. The minimum Gasteiger partial charge on any atom is -0.492 e. The number of pyridine rings is 1. The van der Waals surface area contributed by atoms with Gasteiger partial charge in [0.15, 0.2) is 9.84 Å². The molecule has 0 fully saturated rings. The highest BCUT2D eigenvalue weighted by molar-refractivity contribution is 7.91. The van der Waals surface area contributed by atoms with E-state index in [-0.39, 0.29) is 56.3 Å². The van der Waals surface area contributed by atoms with Crippen molar-refractivity contribution in [1.82, 2.24) is 4.98 Å². The minimum atomic E-state index is -4.56. The normalized spacial score (nSPS) is 12.1. The smallest absolute Gasteiger partial charge is 0.416 e. The van der Waals surface area contributed by atoms with E-state index in [2.05, 4.69) is 4.98 Å². The molecule has 0 aliphatic carbocycles. The van der Waals surface area contributed by atoms with Crippen molar-refractivity contribution < 1.29 is 35.9 Å². The van der Waals surface area contributed by atoms with Crippen molar-refractivity contribution in [3.05, 3.63) is 53.1 Å². The van der Waals surface area contributed by atoms with Crippen molar-refractivity contribution in [2.75, 3.05) is 19.5 Å². The molecule has 0 aliphatic heterocycles. The summed E-state index contributed by atoms with van der Waals surface area (Å²) in [5.74, 6) is -0.910. The standard InChI is InChI=1S/C23H22F3NO5S/c1-5-32-18-12-17-16(11-19(18)33(29,30)6-2)20(22(28)31-4)13(3)21(27-17)14-8-7-9-15(10-14)23(24,25)26/h7-12H,5-6H2,1-4H3. The Labute approximate surface area is 189 Å². The number of methoxy groups -OCH3 is 1. The molecular weight excluding hydrogens is 459 g/mol. The molecular formula is C23H22F3NO5S. The molecule has 0 aliphatic rings. The Bertz CT molecular complexity index is 1330. The van der Waals surface area contributed by atoms with Gasteiger partial charge >= 0.3 is 12.1 Å². The second-order valence-corrected chi connectivity index (χ2v) is 9.43. The predicted molar refractivity (Wildman–Crippen MR) is 117 cm³/mol. The molecule has 0 bridgehead atoms. The third-order valence-corrected chi connectivity index (χ3v) is 6.91. The summed E-state index contributed by atoms with van der Waals surface area (Å²) in [6, 6.07) is 7.28. The number of esters is 1. The first-order valence-electron chi connectivity index (χ1n) is 10.0. The number of rotatable bonds is 6. The van der Waals surface area contributed by atoms with Gasteiger partial charge in [-0.1, -0.05) is 19.1 Å². The van der Waals surface area contributed by atoms with Gasteiger partial charge in [0.1, 0.15) is 10.6 Å². The SMILES string of the molecule is CCOc1cc2nc(-c3cccc(C(F)(F)F)c3)c(C)c(C(=O)OC)c2cc1S(=O)(=O)CC. The van der Waals surface area contributed by atoms with Crippen molar-refractivity contribution >= 4 is 26.7 Å². The van der Waals surface area contributed by atoms with E-state index in [1.54, 1.807) is 6.92 Å². The molecule has 33 heavy (non-hydrogen) atoms. The van der Waals surface area contributed by atoms with E-state index in [4.69, 9.17) is 9.47 Å². The molecule has 3 rings (SSSR count). The highest BCUT2D eigenvalue weighted by atomic mass is 32.2. The summed E-state index contributed by atoms with van der Waals surface area (Å²) in [5.41, 5.74) is -0.101. The van der Waals surface area contributed by atoms with E-state index < -0.39 is 27.5 Å². The molecule has 176 valence electrons. The Balaban J connectivity index is 2.43. The van der Waals surface area contributed by atoms with Crippen LogP contribution >= 0.6 is 0 Å². The van der Waals surface area contributed by atoms with Crippen LogP contribution < -0.4 is 4.74 Å². The van der Waals surface area contributed by atoms with Gasteiger partial charge < -0.3 is 9.47 Å². The molecule has 0 saturated carbocycles. The lowest BCUT2D eigenvalue weighted by molar-refractivity contribution is -0.137. The summed E-state index contributed by atoms with van der Waals surface area (Å²) >= 11 is 0. The van der Waals surface area contributed by atoms with Gasteiger partial charge in [-0.25, -0.2) is 18.2 Å². The van der Waals surface area contributed by atoms with Gasteiger partial charge in [0, 0.05) is 17.0 Å². The highest BCUT2D eigenvalue weighted by Crippen LogP contribution is 2.37. The van der Waals surface area contributed by atoms with Crippen molar-refractivity contribution in [3.8, 4) is 17.0 Å². The van der Waals surface area contributed by atoms with Crippen LogP contribution in [-0.4, -0.2) is 38.8 Å². The molecule has 0 unspecified atom stereocenters. The molecule has 1 aromatic heterocycles. The molecule has 1 heterocycles. The van der Waals surface area contributed by atoms with Gasteiger partial charge in [0.05, 0.1) is 41.8 Å². The fourth-order valence-corrected chi connectivity index (χ4v) is 4.56. The zero-order valence-electron chi connectivity index (χ0n) is 18.4. The molecule has 3 aromatic rings. The van der Waals surface area contributed by atoms with Crippen LogP contribution in [0.25, 0.3) is 22.2 Å². The summed E-state index contributed by atoms with van der Waals surface area (Å²) in [6.45, 7) is 4.87. The molecule has 0 spiro atoms. The van der Waals surface area contributed by atoms with Crippen LogP contribution in [0.5, 0.6) is 5.75 Å². The zero-order chi connectivity index (χ0) is 24.6. The molecule has 2 aromatic carbocycles. The Hall–Kier alpha value is -3.14. The number of fused-ring (bicyclic) bond motifs is 1. The van der Waals surface area contributed by atoms with Gasteiger partial charge in [-0.15, -0.1) is 0 Å². The topological polar surface area (TPSA) is 82.6 Å². The van der Waals surface area contributed by atoms with Crippen LogP contribution in [0.3, 0.4) is 0 Å². The summed E-state index contributed by atoms with van der Waals surface area (Å²) in [7, 11) is -2.56. The number of ether oxygens (including phenoxy) is 2. The fourth-order valence-electron chi connectivity index (χ4n) is 3.52. The third-order valence-electron chi connectivity index (χ3n) is 5.16. The van der Waals surface area contributed by atoms with Crippen molar-refractivity contribution in [2.45, 2.75) is 31.8 Å². The summed E-state index contributed by atoms with van der Waals surface area (Å²) < 4.78 is 75.5. The monoisotopic (exact) mass is 481 g/mol. The quantitative estimate of drug-likeness (QED) is 0.450. The summed E-state index contributed by atoms with van der Waals surface area (Å²) in [5, 5.41) is 0.200. The summed E-state index contributed by atoms with van der Waals surface area (Å²) in [4.78, 5) is 17.1. The molecule has 10 heteroatoms. The number of benzene rings is 2.